The molecule has 0 radical (unpaired) electrons. The van der Waals surface area contributed by atoms with Gasteiger partial charge in [-0.3, -0.25) is 0 Å². The van der Waals surface area contributed by atoms with Gasteiger partial charge in [0.1, 0.15) is 0 Å². The van der Waals surface area contributed by atoms with Crippen LogP contribution in [0.1, 0.15) is 12.8 Å². The van der Waals surface area contributed by atoms with E-state index in [-0.39, 0.29) is 0 Å². The standard InChI is InChI=1S/C8H10O2/c1-3-5-6-7-10-8(9)4-2/h1,4H,2,5-7H2. The number of carbonyl (C=O) groups is 1. The Morgan fingerprint density at radius 2 is 2.50 bits per heavy atom. The number of ether oxygens (including phenoxy) is 1. The van der Waals surface area contributed by atoms with Gasteiger partial charge in [-0.05, 0) is 6.42 Å². The third-order valence-electron chi connectivity index (χ3n) is 0.876. The number of esters is 1. The molecule has 0 heterocycles. The van der Waals surface area contributed by atoms with Gasteiger partial charge in [-0.1, -0.05) is 6.58 Å². The first-order chi connectivity index (χ1) is 4.81. The summed E-state index contributed by atoms with van der Waals surface area (Å²) in [5.41, 5.74) is 0. The zero-order valence-electron chi connectivity index (χ0n) is 5.80. The largest absolute Gasteiger partial charge is 0.463 e. The number of terminal acetylenes is 1. The van der Waals surface area contributed by atoms with Crippen molar-refractivity contribution < 1.29 is 9.53 Å². The molecule has 0 aliphatic carbocycles. The summed E-state index contributed by atoms with van der Waals surface area (Å²) < 4.78 is 4.64. The van der Waals surface area contributed by atoms with Gasteiger partial charge in [-0.25, -0.2) is 4.79 Å². The quantitative estimate of drug-likeness (QED) is 0.252. The van der Waals surface area contributed by atoms with Crippen LogP contribution in [0, 0.1) is 12.3 Å². The zero-order valence-corrected chi connectivity index (χ0v) is 5.80. The van der Waals surface area contributed by atoms with Gasteiger partial charge in [0, 0.05) is 12.5 Å². The molecule has 0 atom stereocenters. The van der Waals surface area contributed by atoms with Crippen LogP contribution in [0.3, 0.4) is 0 Å². The molecule has 2 nitrogen and oxygen atoms in total. The molecule has 54 valence electrons. The molecule has 0 aromatic carbocycles. The molecule has 0 rings (SSSR count). The third-order valence-corrected chi connectivity index (χ3v) is 0.876. The van der Waals surface area contributed by atoms with Crippen LogP contribution in [0.25, 0.3) is 0 Å². The molecule has 0 amide bonds. The SMILES string of the molecule is C#CCCCOC(=O)C=C. The van der Waals surface area contributed by atoms with Crippen LogP contribution in [0.15, 0.2) is 12.7 Å². The van der Waals surface area contributed by atoms with Crippen molar-refractivity contribution in [3.05, 3.63) is 12.7 Å². The lowest BCUT2D eigenvalue weighted by Crippen LogP contribution is -2.00. The van der Waals surface area contributed by atoms with Crippen molar-refractivity contribution in [3.8, 4) is 12.3 Å². The van der Waals surface area contributed by atoms with E-state index in [2.05, 4.69) is 17.2 Å². The van der Waals surface area contributed by atoms with Gasteiger partial charge in [-0.2, -0.15) is 0 Å². The van der Waals surface area contributed by atoms with Crippen molar-refractivity contribution in [1.82, 2.24) is 0 Å². The highest BCUT2D eigenvalue weighted by atomic mass is 16.5. The first-order valence-corrected chi connectivity index (χ1v) is 3.04. The Balaban J connectivity index is 3.13. The number of unbranched alkanes of at least 4 members (excludes halogenated alkanes) is 1. The lowest BCUT2D eigenvalue weighted by Gasteiger charge is -1.97. The van der Waals surface area contributed by atoms with Gasteiger partial charge in [-0.15, -0.1) is 12.3 Å². The monoisotopic (exact) mass is 138 g/mol. The van der Waals surface area contributed by atoms with Crippen molar-refractivity contribution in [2.75, 3.05) is 6.61 Å². The molecule has 0 aromatic rings. The maximum atomic E-state index is 10.4. The first kappa shape index (κ1) is 8.77. The molecule has 0 aliphatic heterocycles. The molecule has 10 heavy (non-hydrogen) atoms. The van der Waals surface area contributed by atoms with Crippen LogP contribution in [0.4, 0.5) is 0 Å². The average molecular weight is 138 g/mol. The normalized spacial score (nSPS) is 7.90. The fourth-order valence-electron chi connectivity index (χ4n) is 0.406. The Hall–Kier alpha value is -1.23. The van der Waals surface area contributed by atoms with Crippen LogP contribution >= 0.6 is 0 Å². The first-order valence-electron chi connectivity index (χ1n) is 3.04. The molecular formula is C8H10O2. The van der Waals surface area contributed by atoms with Gasteiger partial charge >= 0.3 is 5.97 Å². The Labute approximate surface area is 60.9 Å². The summed E-state index contributed by atoms with van der Waals surface area (Å²) in [7, 11) is 0. The van der Waals surface area contributed by atoms with E-state index in [0.717, 1.165) is 12.5 Å². The summed E-state index contributed by atoms with van der Waals surface area (Å²) in [4.78, 5) is 10.4. The highest BCUT2D eigenvalue weighted by Gasteiger charge is 1.92. The van der Waals surface area contributed by atoms with E-state index in [1.807, 2.05) is 0 Å². The number of rotatable bonds is 4. The molecule has 0 bridgehead atoms. The maximum absolute atomic E-state index is 10.4. The van der Waals surface area contributed by atoms with E-state index in [1.54, 1.807) is 0 Å². The summed E-state index contributed by atoms with van der Waals surface area (Å²) >= 11 is 0. The molecule has 0 saturated heterocycles. The van der Waals surface area contributed by atoms with Crippen molar-refractivity contribution in [1.29, 1.82) is 0 Å². The minimum atomic E-state index is -0.392. The number of hydrogen-bond donors (Lipinski definition) is 0. The third kappa shape index (κ3) is 4.92. The topological polar surface area (TPSA) is 26.3 Å². The van der Waals surface area contributed by atoms with Crippen molar-refractivity contribution in [2.24, 2.45) is 0 Å². The molecule has 0 spiro atoms. The molecule has 0 N–H and O–H groups in total. The van der Waals surface area contributed by atoms with Crippen LogP contribution in [-0.2, 0) is 9.53 Å². The minimum Gasteiger partial charge on any atom is -0.463 e. The Bertz CT molecular complexity index is 153. The molecule has 0 aromatic heterocycles. The van der Waals surface area contributed by atoms with Gasteiger partial charge in [0.15, 0.2) is 0 Å². The predicted molar refractivity (Wildman–Crippen MR) is 39.2 cm³/mol. The van der Waals surface area contributed by atoms with Crippen molar-refractivity contribution in [2.45, 2.75) is 12.8 Å². The van der Waals surface area contributed by atoms with Gasteiger partial charge < -0.3 is 4.74 Å². The Morgan fingerprint density at radius 1 is 1.80 bits per heavy atom. The summed E-state index contributed by atoms with van der Waals surface area (Å²) in [6, 6.07) is 0. The van der Waals surface area contributed by atoms with Crippen LogP contribution in [0.2, 0.25) is 0 Å². The summed E-state index contributed by atoms with van der Waals surface area (Å²) in [6.07, 6.45) is 7.46. The van der Waals surface area contributed by atoms with Crippen LogP contribution in [-0.4, -0.2) is 12.6 Å². The molecule has 0 aliphatic rings. The molecule has 0 saturated carbocycles. The lowest BCUT2D eigenvalue weighted by molar-refractivity contribution is -0.137. The van der Waals surface area contributed by atoms with E-state index in [1.165, 1.54) is 0 Å². The maximum Gasteiger partial charge on any atom is 0.330 e. The predicted octanol–water partition coefficient (Wildman–Crippen LogP) is 1.13. The van der Waals surface area contributed by atoms with E-state index in [9.17, 15) is 4.79 Å². The van der Waals surface area contributed by atoms with E-state index < -0.39 is 5.97 Å². The average Bonchev–Trinajstić information content (AvgIpc) is 1.98. The van der Waals surface area contributed by atoms with E-state index in [0.29, 0.717) is 13.0 Å². The van der Waals surface area contributed by atoms with Crippen LogP contribution < -0.4 is 0 Å². The second-order valence-corrected chi connectivity index (χ2v) is 1.68. The fraction of sp³-hybridized carbons (Fsp3) is 0.375. The fourth-order valence-corrected chi connectivity index (χ4v) is 0.406. The minimum absolute atomic E-state index is 0.384. The van der Waals surface area contributed by atoms with Crippen LogP contribution in [0.5, 0.6) is 0 Å². The number of hydrogen-bond acceptors (Lipinski definition) is 2. The van der Waals surface area contributed by atoms with Gasteiger partial charge in [0.2, 0.25) is 0 Å². The summed E-state index contributed by atoms with van der Waals surface area (Å²) in [5.74, 6) is 2.05. The zero-order chi connectivity index (χ0) is 7.82. The Kier molecular flexibility index (Phi) is 5.17. The second-order valence-electron chi connectivity index (χ2n) is 1.68. The highest BCUT2D eigenvalue weighted by molar-refractivity contribution is 5.81. The van der Waals surface area contributed by atoms with Gasteiger partial charge in [0.05, 0.1) is 6.61 Å². The summed E-state index contributed by atoms with van der Waals surface area (Å²) in [5, 5.41) is 0. The molecule has 2 heteroatoms. The van der Waals surface area contributed by atoms with E-state index in [4.69, 9.17) is 6.42 Å². The lowest BCUT2D eigenvalue weighted by atomic mass is 10.3. The molecular weight excluding hydrogens is 128 g/mol. The van der Waals surface area contributed by atoms with E-state index >= 15 is 0 Å². The second kappa shape index (κ2) is 5.90. The summed E-state index contributed by atoms with van der Waals surface area (Å²) in [6.45, 7) is 3.63. The number of carbonyl (C=O) groups excluding carboxylic acids is 1. The Morgan fingerprint density at radius 3 is 3.00 bits per heavy atom. The smallest absolute Gasteiger partial charge is 0.330 e. The highest BCUT2D eigenvalue weighted by Crippen LogP contribution is 1.88. The molecule has 0 unspecified atom stereocenters. The van der Waals surface area contributed by atoms with Gasteiger partial charge in [0.25, 0.3) is 0 Å². The molecule has 0 fully saturated rings. The van der Waals surface area contributed by atoms with Crippen molar-refractivity contribution in [3.63, 3.8) is 0 Å². The van der Waals surface area contributed by atoms with Crippen molar-refractivity contribution >= 4 is 5.97 Å².